The summed E-state index contributed by atoms with van der Waals surface area (Å²) >= 11 is 0. The molecule has 1 aliphatic heterocycles. The first-order chi connectivity index (χ1) is 14.6. The summed E-state index contributed by atoms with van der Waals surface area (Å²) in [4.78, 5) is 26.9. The number of hydrogen-bond acceptors (Lipinski definition) is 4. The summed E-state index contributed by atoms with van der Waals surface area (Å²) < 4.78 is 4.80. The van der Waals surface area contributed by atoms with Crippen LogP contribution < -0.4 is 10.2 Å². The van der Waals surface area contributed by atoms with E-state index in [1.807, 2.05) is 24.3 Å². The zero-order valence-corrected chi connectivity index (χ0v) is 17.1. The number of amides is 1. The van der Waals surface area contributed by atoms with Crippen LogP contribution in [0.1, 0.15) is 37.4 Å². The highest BCUT2D eigenvalue weighted by molar-refractivity contribution is 6.05. The van der Waals surface area contributed by atoms with E-state index in [-0.39, 0.29) is 5.91 Å². The van der Waals surface area contributed by atoms with Gasteiger partial charge in [-0.25, -0.2) is 4.79 Å². The lowest BCUT2D eigenvalue weighted by Crippen LogP contribution is -2.19. The SMILES string of the molecule is COC(=O)c1cccc(NC(=O)c2ccc(CN3CCc4ccccc43)cc2)c1C. The van der Waals surface area contributed by atoms with Crippen LogP contribution in [0.2, 0.25) is 0 Å². The van der Waals surface area contributed by atoms with Gasteiger partial charge in [0.1, 0.15) is 0 Å². The Morgan fingerprint density at radius 2 is 1.77 bits per heavy atom. The first-order valence-corrected chi connectivity index (χ1v) is 9.98. The molecule has 0 saturated carbocycles. The molecule has 0 radical (unpaired) electrons. The first kappa shape index (κ1) is 19.7. The molecule has 0 spiro atoms. The number of hydrogen-bond donors (Lipinski definition) is 1. The standard InChI is InChI=1S/C25H24N2O3/c1-17-21(25(29)30-2)7-5-8-22(17)26-24(28)20-12-10-18(11-13-20)16-27-15-14-19-6-3-4-9-23(19)27/h3-13H,14-16H2,1-2H3,(H,26,28). The number of methoxy groups -OCH3 is 1. The minimum Gasteiger partial charge on any atom is -0.465 e. The molecule has 0 aromatic heterocycles. The van der Waals surface area contributed by atoms with E-state index in [1.54, 1.807) is 25.1 Å². The molecule has 0 saturated heterocycles. The Labute approximate surface area is 176 Å². The van der Waals surface area contributed by atoms with E-state index in [4.69, 9.17) is 4.74 Å². The van der Waals surface area contributed by atoms with Crippen molar-refractivity contribution >= 4 is 23.3 Å². The van der Waals surface area contributed by atoms with Gasteiger partial charge in [-0.2, -0.15) is 0 Å². The van der Waals surface area contributed by atoms with Crippen LogP contribution in [0.25, 0.3) is 0 Å². The Morgan fingerprint density at radius 3 is 2.53 bits per heavy atom. The van der Waals surface area contributed by atoms with E-state index < -0.39 is 5.97 Å². The van der Waals surface area contributed by atoms with Crippen LogP contribution >= 0.6 is 0 Å². The molecule has 5 heteroatoms. The number of nitrogens with one attached hydrogen (secondary N) is 1. The lowest BCUT2D eigenvalue weighted by molar-refractivity contribution is 0.0599. The van der Waals surface area contributed by atoms with Gasteiger partial charge in [0.25, 0.3) is 5.91 Å². The molecule has 0 fully saturated rings. The van der Waals surface area contributed by atoms with Crippen LogP contribution in [-0.4, -0.2) is 25.5 Å². The van der Waals surface area contributed by atoms with Crippen LogP contribution in [0.3, 0.4) is 0 Å². The number of carbonyl (C=O) groups excluding carboxylic acids is 2. The summed E-state index contributed by atoms with van der Waals surface area (Å²) in [5.74, 6) is -0.630. The van der Waals surface area contributed by atoms with Crippen molar-refractivity contribution < 1.29 is 14.3 Å². The zero-order chi connectivity index (χ0) is 21.1. The van der Waals surface area contributed by atoms with Crippen molar-refractivity contribution in [2.75, 3.05) is 23.9 Å². The van der Waals surface area contributed by atoms with Gasteiger partial charge in [-0.15, -0.1) is 0 Å². The molecular weight excluding hydrogens is 376 g/mol. The first-order valence-electron chi connectivity index (χ1n) is 9.98. The van der Waals surface area contributed by atoms with E-state index in [0.29, 0.717) is 22.4 Å². The molecule has 1 heterocycles. The van der Waals surface area contributed by atoms with E-state index in [9.17, 15) is 9.59 Å². The predicted octanol–water partition coefficient (Wildman–Crippen LogP) is 4.60. The third-order valence-electron chi connectivity index (χ3n) is 5.56. The van der Waals surface area contributed by atoms with Crippen molar-refractivity contribution in [3.05, 3.63) is 94.5 Å². The van der Waals surface area contributed by atoms with E-state index in [0.717, 1.165) is 25.1 Å². The lowest BCUT2D eigenvalue weighted by atomic mass is 10.1. The van der Waals surface area contributed by atoms with E-state index in [2.05, 4.69) is 34.5 Å². The number of ether oxygens (including phenoxy) is 1. The van der Waals surface area contributed by atoms with Gasteiger partial charge in [-0.1, -0.05) is 36.4 Å². The fourth-order valence-corrected chi connectivity index (χ4v) is 3.85. The summed E-state index contributed by atoms with van der Waals surface area (Å²) in [5, 5.41) is 2.89. The van der Waals surface area contributed by atoms with E-state index in [1.165, 1.54) is 18.4 Å². The second-order valence-corrected chi connectivity index (χ2v) is 7.42. The topological polar surface area (TPSA) is 58.6 Å². The second kappa shape index (κ2) is 8.41. The van der Waals surface area contributed by atoms with Gasteiger partial charge in [0.05, 0.1) is 12.7 Å². The molecule has 5 nitrogen and oxygen atoms in total. The fourth-order valence-electron chi connectivity index (χ4n) is 3.85. The molecule has 0 atom stereocenters. The summed E-state index contributed by atoms with van der Waals surface area (Å²) in [5.41, 5.74) is 6.13. The summed E-state index contributed by atoms with van der Waals surface area (Å²) in [7, 11) is 1.34. The highest BCUT2D eigenvalue weighted by atomic mass is 16.5. The molecule has 152 valence electrons. The monoisotopic (exact) mass is 400 g/mol. The largest absolute Gasteiger partial charge is 0.465 e. The normalized spacial score (nSPS) is 12.4. The highest BCUT2D eigenvalue weighted by Crippen LogP contribution is 2.29. The maximum atomic E-state index is 12.7. The maximum Gasteiger partial charge on any atom is 0.338 e. The maximum absolute atomic E-state index is 12.7. The number of rotatable bonds is 5. The van der Waals surface area contributed by atoms with Crippen LogP contribution in [0, 0.1) is 6.92 Å². The highest BCUT2D eigenvalue weighted by Gasteiger charge is 2.18. The van der Waals surface area contributed by atoms with Crippen molar-refractivity contribution in [1.82, 2.24) is 0 Å². The number of benzene rings is 3. The number of para-hydroxylation sites is 1. The van der Waals surface area contributed by atoms with Crippen molar-refractivity contribution in [3.63, 3.8) is 0 Å². The predicted molar refractivity (Wildman–Crippen MR) is 118 cm³/mol. The average molecular weight is 400 g/mol. The zero-order valence-electron chi connectivity index (χ0n) is 17.1. The lowest BCUT2D eigenvalue weighted by Gasteiger charge is -2.19. The van der Waals surface area contributed by atoms with Gasteiger partial charge in [0, 0.05) is 30.0 Å². The third kappa shape index (κ3) is 3.92. The van der Waals surface area contributed by atoms with Crippen LogP contribution in [0.15, 0.2) is 66.7 Å². The number of anilines is 2. The quantitative estimate of drug-likeness (QED) is 0.636. The van der Waals surface area contributed by atoms with Crippen LogP contribution in [0.4, 0.5) is 11.4 Å². The summed E-state index contributed by atoms with van der Waals surface area (Å²) in [6.45, 7) is 3.62. The molecular formula is C25H24N2O3. The molecule has 1 aliphatic rings. The fraction of sp³-hybridized carbons (Fsp3) is 0.200. The van der Waals surface area contributed by atoms with Gasteiger partial charge in [0.15, 0.2) is 0 Å². The molecule has 3 aromatic carbocycles. The molecule has 4 rings (SSSR count). The molecule has 1 amide bonds. The average Bonchev–Trinajstić information content (AvgIpc) is 3.18. The molecule has 1 N–H and O–H groups in total. The second-order valence-electron chi connectivity index (χ2n) is 7.42. The third-order valence-corrected chi connectivity index (χ3v) is 5.56. The Morgan fingerprint density at radius 1 is 1.00 bits per heavy atom. The van der Waals surface area contributed by atoms with Gasteiger partial charge >= 0.3 is 5.97 Å². The summed E-state index contributed by atoms with van der Waals surface area (Å²) in [6, 6.07) is 21.3. The minimum atomic E-state index is -0.420. The van der Waals surface area contributed by atoms with Gasteiger partial charge in [-0.3, -0.25) is 4.79 Å². The van der Waals surface area contributed by atoms with Gasteiger partial charge < -0.3 is 15.0 Å². The number of carbonyl (C=O) groups is 2. The number of fused-ring (bicyclic) bond motifs is 1. The Bertz CT molecular complexity index is 1090. The Hall–Kier alpha value is -3.60. The molecule has 0 bridgehead atoms. The smallest absolute Gasteiger partial charge is 0.338 e. The van der Waals surface area contributed by atoms with Crippen LogP contribution in [-0.2, 0) is 17.7 Å². The molecule has 3 aromatic rings. The Balaban J connectivity index is 1.45. The minimum absolute atomic E-state index is 0.210. The molecule has 0 aliphatic carbocycles. The van der Waals surface area contributed by atoms with Crippen molar-refractivity contribution in [2.45, 2.75) is 19.9 Å². The molecule has 30 heavy (non-hydrogen) atoms. The number of nitrogens with zero attached hydrogens (tertiary/aromatic N) is 1. The van der Waals surface area contributed by atoms with Gasteiger partial charge in [0.2, 0.25) is 0 Å². The van der Waals surface area contributed by atoms with Crippen molar-refractivity contribution in [3.8, 4) is 0 Å². The van der Waals surface area contributed by atoms with Gasteiger partial charge in [-0.05, 0) is 60.4 Å². The van der Waals surface area contributed by atoms with E-state index >= 15 is 0 Å². The van der Waals surface area contributed by atoms with Crippen molar-refractivity contribution in [1.29, 1.82) is 0 Å². The van der Waals surface area contributed by atoms with Crippen molar-refractivity contribution in [2.24, 2.45) is 0 Å². The summed E-state index contributed by atoms with van der Waals surface area (Å²) in [6.07, 6.45) is 1.07. The van der Waals surface area contributed by atoms with Crippen LogP contribution in [0.5, 0.6) is 0 Å². The molecule has 0 unspecified atom stereocenters. The number of esters is 1. The Kier molecular flexibility index (Phi) is 5.53.